The third kappa shape index (κ3) is 8.38. The molecule has 1 N–H and O–H groups in total. The third-order valence-corrected chi connectivity index (χ3v) is 6.29. The molecule has 3 aromatic carbocycles. The van der Waals surface area contributed by atoms with Crippen molar-refractivity contribution in [1.29, 1.82) is 0 Å². The summed E-state index contributed by atoms with van der Waals surface area (Å²) in [6, 6.07) is 24.3. The Hall–Kier alpha value is -3.24. The predicted molar refractivity (Wildman–Crippen MR) is 164 cm³/mol. The summed E-state index contributed by atoms with van der Waals surface area (Å²) in [5.74, 6) is 2.27. The van der Waals surface area contributed by atoms with Gasteiger partial charge in [0.1, 0.15) is 5.82 Å². The van der Waals surface area contributed by atoms with Gasteiger partial charge in [0.2, 0.25) is 5.95 Å². The van der Waals surface area contributed by atoms with E-state index in [1.807, 2.05) is 42.5 Å². The summed E-state index contributed by atoms with van der Waals surface area (Å²) >= 11 is 5.48. The van der Waals surface area contributed by atoms with Crippen molar-refractivity contribution >= 4 is 37.3 Å². The SMILES string of the molecule is CCCCc1nnc(NCc2ccc(Cl)cc2)n1Cc1ccc(-c2ccccc2-c2nnn[n-]2)cc1.[CH3][Sn+]([CH3])[CH3]. The molecule has 0 bridgehead atoms. The molecule has 0 atom stereocenters. The molecule has 2 heterocycles. The maximum absolute atomic E-state index is 6.02. The number of halogens is 1. The molecule has 40 heavy (non-hydrogen) atoms. The molecule has 0 fully saturated rings. The first-order chi connectivity index (χ1) is 19.4. The average molecular weight is 662 g/mol. The fourth-order valence-electron chi connectivity index (χ4n) is 4.09. The minimum atomic E-state index is -0.543. The second kappa shape index (κ2) is 14.9. The van der Waals surface area contributed by atoms with Crippen molar-refractivity contribution in [2.75, 3.05) is 5.32 Å². The van der Waals surface area contributed by atoms with Gasteiger partial charge in [-0.25, -0.2) is 0 Å². The van der Waals surface area contributed by atoms with Gasteiger partial charge in [0.25, 0.3) is 0 Å². The molecule has 0 aliphatic heterocycles. The van der Waals surface area contributed by atoms with Crippen LogP contribution in [0.5, 0.6) is 0 Å². The van der Waals surface area contributed by atoms with Gasteiger partial charge in [-0.2, -0.15) is 5.21 Å². The molecule has 5 rings (SSSR count). The van der Waals surface area contributed by atoms with Gasteiger partial charge in [0, 0.05) is 23.8 Å². The van der Waals surface area contributed by atoms with Crippen LogP contribution in [0.4, 0.5) is 5.95 Å². The van der Waals surface area contributed by atoms with Gasteiger partial charge in [-0.05, 0) is 46.4 Å². The van der Waals surface area contributed by atoms with Gasteiger partial charge in [-0.1, -0.05) is 85.6 Å². The van der Waals surface area contributed by atoms with E-state index in [-0.39, 0.29) is 0 Å². The molecule has 0 saturated carbocycles. The Kier molecular flexibility index (Phi) is 11.1. The van der Waals surface area contributed by atoms with Crippen molar-refractivity contribution in [3.05, 3.63) is 94.8 Å². The van der Waals surface area contributed by atoms with Crippen molar-refractivity contribution < 1.29 is 0 Å². The second-order valence-corrected chi connectivity index (χ2v) is 19.1. The summed E-state index contributed by atoms with van der Waals surface area (Å²) in [5, 5.41) is 28.4. The molecule has 10 heteroatoms. The van der Waals surface area contributed by atoms with E-state index in [0.717, 1.165) is 63.9 Å². The summed E-state index contributed by atoms with van der Waals surface area (Å²) in [6.45, 7) is 3.51. The Morgan fingerprint density at radius 2 is 1.52 bits per heavy atom. The van der Waals surface area contributed by atoms with E-state index >= 15 is 0 Å². The Labute approximate surface area is 248 Å². The number of tetrazole rings is 1. The van der Waals surface area contributed by atoms with Gasteiger partial charge in [0.15, 0.2) is 0 Å². The van der Waals surface area contributed by atoms with Crippen LogP contribution < -0.4 is 10.4 Å². The summed E-state index contributed by atoms with van der Waals surface area (Å²) in [4.78, 5) is 7.09. The number of anilines is 1. The number of nitrogens with zero attached hydrogens (tertiary/aromatic N) is 7. The summed E-state index contributed by atoms with van der Waals surface area (Å²) in [6.07, 6.45) is 3.06. The summed E-state index contributed by atoms with van der Waals surface area (Å²) in [7, 11) is 0. The zero-order chi connectivity index (χ0) is 28.3. The monoisotopic (exact) mass is 662 g/mol. The quantitative estimate of drug-likeness (QED) is 0.165. The van der Waals surface area contributed by atoms with Crippen molar-refractivity contribution in [2.24, 2.45) is 0 Å². The van der Waals surface area contributed by atoms with Crippen LogP contribution in [0.3, 0.4) is 0 Å². The van der Waals surface area contributed by atoms with Gasteiger partial charge in [0.05, 0.1) is 6.54 Å². The minimum absolute atomic E-state index is 0.524. The van der Waals surface area contributed by atoms with Gasteiger partial charge >= 0.3 is 34.6 Å². The van der Waals surface area contributed by atoms with E-state index in [1.54, 1.807) is 0 Å². The molecule has 206 valence electrons. The molecule has 5 aromatic rings. The van der Waals surface area contributed by atoms with Crippen LogP contribution in [0.1, 0.15) is 36.7 Å². The van der Waals surface area contributed by atoms with Crippen LogP contribution in [0, 0.1) is 0 Å². The zero-order valence-electron chi connectivity index (χ0n) is 23.5. The van der Waals surface area contributed by atoms with Crippen molar-refractivity contribution in [1.82, 2.24) is 35.4 Å². The number of aromatic nitrogens is 7. The topological polar surface area (TPSA) is 95.5 Å². The number of benzene rings is 3. The van der Waals surface area contributed by atoms with E-state index in [2.05, 4.69) is 92.8 Å². The summed E-state index contributed by atoms with van der Waals surface area (Å²) in [5.41, 5.74) is 5.32. The van der Waals surface area contributed by atoms with Gasteiger partial charge < -0.3 is 10.4 Å². The normalized spacial score (nSPS) is 10.6. The van der Waals surface area contributed by atoms with Crippen LogP contribution in [-0.4, -0.2) is 50.0 Å². The molecule has 2 aromatic heterocycles. The number of rotatable bonds is 10. The first-order valence-corrected chi connectivity index (χ1v) is 22.4. The fraction of sp³-hybridized carbons (Fsp3) is 0.300. The third-order valence-electron chi connectivity index (χ3n) is 6.04. The summed E-state index contributed by atoms with van der Waals surface area (Å²) < 4.78 is 2.17. The Morgan fingerprint density at radius 1 is 0.850 bits per heavy atom. The van der Waals surface area contributed by atoms with Crippen molar-refractivity contribution in [3.63, 3.8) is 0 Å². The molecule has 0 aliphatic rings. The van der Waals surface area contributed by atoms with E-state index in [1.165, 1.54) is 0 Å². The van der Waals surface area contributed by atoms with Crippen LogP contribution >= 0.6 is 11.6 Å². The van der Waals surface area contributed by atoms with Crippen LogP contribution in [0.2, 0.25) is 19.8 Å². The van der Waals surface area contributed by atoms with E-state index < -0.39 is 19.8 Å². The van der Waals surface area contributed by atoms with Crippen LogP contribution in [0.25, 0.3) is 22.5 Å². The Morgan fingerprint density at radius 3 is 2.17 bits per heavy atom. The van der Waals surface area contributed by atoms with E-state index in [4.69, 9.17) is 11.6 Å². The second-order valence-electron chi connectivity index (χ2n) is 10.1. The molecule has 0 spiro atoms. The number of nitrogens with one attached hydrogen (secondary N) is 1. The first kappa shape index (κ1) is 29.7. The van der Waals surface area contributed by atoms with Gasteiger partial charge in [-0.3, -0.25) is 14.9 Å². The van der Waals surface area contributed by atoms with Crippen molar-refractivity contribution in [2.45, 2.75) is 54.1 Å². The predicted octanol–water partition coefficient (Wildman–Crippen LogP) is 6.78. The number of hydrogen-bond donors (Lipinski definition) is 1. The van der Waals surface area contributed by atoms with Gasteiger partial charge in [-0.15, -0.1) is 10.2 Å². The maximum atomic E-state index is 6.02. The molecule has 0 radical (unpaired) electrons. The van der Waals surface area contributed by atoms with Crippen LogP contribution in [0.15, 0.2) is 72.8 Å². The number of aryl methyl sites for hydroxylation is 1. The standard InChI is InChI=1S/C27H26ClN8.3CH3.Sn/c1-2-3-8-25-30-33-27(29-17-19-11-15-22(28)16-12-19)36(25)18-20-9-13-21(14-10-20)23-6-4-5-7-24(23)26-31-34-35-32-26;;;;/h4-7,9-16H,2-3,8,17-18H2,1H3,(H-,29,31,32,33,34,35);3*1H3;/q-1;;;;+1. The molecule has 8 nitrogen and oxygen atoms in total. The molecular formula is C30H35ClN8Sn. The molecule has 0 unspecified atom stereocenters. The molecule has 0 amide bonds. The Balaban J connectivity index is 0.000000867. The fourth-order valence-corrected chi connectivity index (χ4v) is 4.22. The molecular weight excluding hydrogens is 627 g/mol. The number of hydrogen-bond acceptors (Lipinski definition) is 6. The van der Waals surface area contributed by atoms with Crippen LogP contribution in [-0.2, 0) is 19.5 Å². The number of unbranched alkanes of at least 4 members (excludes halogenated alkanes) is 1. The zero-order valence-corrected chi connectivity index (χ0v) is 27.1. The van der Waals surface area contributed by atoms with E-state index in [9.17, 15) is 0 Å². The molecule has 0 saturated heterocycles. The Bertz CT molecular complexity index is 1450. The average Bonchev–Trinajstić information content (AvgIpc) is 3.62. The van der Waals surface area contributed by atoms with E-state index in [0.29, 0.717) is 18.9 Å². The van der Waals surface area contributed by atoms with Crippen molar-refractivity contribution in [3.8, 4) is 22.5 Å². The molecule has 0 aliphatic carbocycles. The first-order valence-electron chi connectivity index (χ1n) is 13.5.